The summed E-state index contributed by atoms with van der Waals surface area (Å²) < 4.78 is 13.4. The Labute approximate surface area is 199 Å². The van der Waals surface area contributed by atoms with E-state index >= 15 is 0 Å². The number of rotatable bonds is 7. The number of thioether (sulfide) groups is 1. The van der Waals surface area contributed by atoms with Crippen LogP contribution in [0.3, 0.4) is 0 Å². The van der Waals surface area contributed by atoms with Crippen molar-refractivity contribution in [2.45, 2.75) is 18.6 Å². The minimum Gasteiger partial charge on any atom is -0.497 e. The molecule has 176 valence electrons. The zero-order chi connectivity index (χ0) is 24.4. The summed E-state index contributed by atoms with van der Waals surface area (Å²) in [4.78, 5) is 42.2. The van der Waals surface area contributed by atoms with Crippen LogP contribution in [0.1, 0.15) is 17.3 Å². The molecule has 2 aromatic carbocycles. The van der Waals surface area contributed by atoms with Crippen molar-refractivity contribution in [1.82, 2.24) is 14.1 Å². The van der Waals surface area contributed by atoms with Gasteiger partial charge >= 0.3 is 5.97 Å². The number of amides is 1. The Morgan fingerprint density at radius 3 is 2.50 bits per heavy atom. The third kappa shape index (κ3) is 4.24. The fourth-order valence-corrected chi connectivity index (χ4v) is 4.64. The number of aryl methyl sites for hydroxylation is 1. The van der Waals surface area contributed by atoms with E-state index < -0.39 is 5.97 Å². The predicted octanol–water partition coefficient (Wildman–Crippen LogP) is 3.43. The second kappa shape index (κ2) is 9.60. The summed E-state index contributed by atoms with van der Waals surface area (Å²) in [6.45, 7) is 2.29. The number of carbonyl (C=O) groups is 2. The summed E-state index contributed by atoms with van der Waals surface area (Å²) in [5.74, 6) is 0.0318. The van der Waals surface area contributed by atoms with Gasteiger partial charge in [0, 0.05) is 24.7 Å². The Hall–Kier alpha value is -3.79. The average molecular weight is 481 g/mol. The fourth-order valence-electron chi connectivity index (χ4n) is 3.78. The van der Waals surface area contributed by atoms with Crippen LogP contribution in [0.4, 0.5) is 5.69 Å². The molecule has 1 amide bonds. The van der Waals surface area contributed by atoms with Gasteiger partial charge in [-0.05, 0) is 49.4 Å². The van der Waals surface area contributed by atoms with E-state index in [2.05, 4.69) is 10.1 Å². The number of aromatic nitrogens is 3. The quantitative estimate of drug-likeness (QED) is 0.245. The lowest BCUT2D eigenvalue weighted by Crippen LogP contribution is -2.24. The molecule has 0 fully saturated rings. The van der Waals surface area contributed by atoms with E-state index in [1.165, 1.54) is 18.9 Å². The van der Waals surface area contributed by atoms with Crippen molar-refractivity contribution in [2.75, 3.05) is 25.3 Å². The number of hydrogen-bond donors (Lipinski definition) is 1. The standard InChI is InChI=1S/C24H24N4O5S/c1-5-28-22(30)21-20(17-12-16(32-3)10-11-18(17)27(21)2)26-24(28)34-13-19(29)25-15-8-6-14(7-9-15)23(31)33-4/h6-12H,5,13H2,1-4H3,(H,25,29). The topological polar surface area (TPSA) is 104 Å². The SMILES string of the molecule is CCn1c(SCC(=O)Nc2ccc(C(=O)OC)cc2)nc2c3cc(OC)ccc3n(C)c2c1=O. The van der Waals surface area contributed by atoms with Crippen LogP contribution in [0.25, 0.3) is 21.9 Å². The van der Waals surface area contributed by atoms with Crippen molar-refractivity contribution in [1.29, 1.82) is 0 Å². The van der Waals surface area contributed by atoms with Crippen molar-refractivity contribution in [3.63, 3.8) is 0 Å². The minimum atomic E-state index is -0.446. The van der Waals surface area contributed by atoms with Crippen molar-refractivity contribution < 1.29 is 19.1 Å². The van der Waals surface area contributed by atoms with Gasteiger partial charge in [0.25, 0.3) is 5.56 Å². The van der Waals surface area contributed by atoms with Gasteiger partial charge in [0.2, 0.25) is 5.91 Å². The fraction of sp³-hybridized carbons (Fsp3) is 0.250. The van der Waals surface area contributed by atoms with Gasteiger partial charge in [-0.3, -0.25) is 14.2 Å². The molecule has 0 unspecified atom stereocenters. The molecule has 0 bridgehead atoms. The monoisotopic (exact) mass is 480 g/mol. The Bertz CT molecular complexity index is 1460. The molecule has 0 radical (unpaired) electrons. The molecule has 2 heterocycles. The predicted molar refractivity (Wildman–Crippen MR) is 132 cm³/mol. The number of fused-ring (bicyclic) bond motifs is 3. The van der Waals surface area contributed by atoms with Crippen LogP contribution in [0, 0.1) is 0 Å². The van der Waals surface area contributed by atoms with E-state index in [0.717, 1.165) is 10.9 Å². The highest BCUT2D eigenvalue weighted by atomic mass is 32.2. The molecule has 0 saturated heterocycles. The van der Waals surface area contributed by atoms with Crippen LogP contribution in [-0.4, -0.2) is 46.0 Å². The van der Waals surface area contributed by atoms with Gasteiger partial charge < -0.3 is 19.4 Å². The summed E-state index contributed by atoms with van der Waals surface area (Å²) in [5.41, 5.74) is 2.74. The third-order valence-electron chi connectivity index (χ3n) is 5.50. The molecule has 4 aromatic rings. The molecule has 4 rings (SSSR count). The van der Waals surface area contributed by atoms with Crippen LogP contribution < -0.4 is 15.6 Å². The Morgan fingerprint density at radius 2 is 1.85 bits per heavy atom. The number of ether oxygens (including phenoxy) is 2. The lowest BCUT2D eigenvalue weighted by Gasteiger charge is -2.11. The number of nitrogens with zero attached hydrogens (tertiary/aromatic N) is 3. The number of nitrogens with one attached hydrogen (secondary N) is 1. The molecule has 10 heteroatoms. The molecule has 0 spiro atoms. The van der Waals surface area contributed by atoms with Gasteiger partial charge in [0.1, 0.15) is 16.8 Å². The largest absolute Gasteiger partial charge is 0.497 e. The van der Waals surface area contributed by atoms with Gasteiger partial charge in [-0.15, -0.1) is 0 Å². The number of benzene rings is 2. The number of methoxy groups -OCH3 is 2. The van der Waals surface area contributed by atoms with Crippen LogP contribution >= 0.6 is 11.8 Å². The van der Waals surface area contributed by atoms with Crippen molar-refractivity contribution in [2.24, 2.45) is 7.05 Å². The molecule has 0 saturated carbocycles. The highest BCUT2D eigenvalue weighted by Crippen LogP contribution is 2.30. The van der Waals surface area contributed by atoms with E-state index in [4.69, 9.17) is 9.72 Å². The first-order valence-corrected chi connectivity index (χ1v) is 11.5. The minimum absolute atomic E-state index is 0.0603. The first kappa shape index (κ1) is 23.4. The molecule has 0 aliphatic heterocycles. The molecule has 0 atom stereocenters. The van der Waals surface area contributed by atoms with Crippen LogP contribution in [-0.2, 0) is 23.1 Å². The first-order chi connectivity index (χ1) is 16.4. The van der Waals surface area contributed by atoms with Crippen molar-refractivity contribution in [3.05, 3.63) is 58.4 Å². The zero-order valence-corrected chi connectivity index (χ0v) is 20.1. The molecule has 9 nitrogen and oxygen atoms in total. The molecule has 0 aliphatic rings. The Balaban J connectivity index is 1.61. The molecular weight excluding hydrogens is 456 g/mol. The molecule has 2 aromatic heterocycles. The number of esters is 1. The maximum atomic E-state index is 13.3. The van der Waals surface area contributed by atoms with Crippen molar-refractivity contribution in [3.8, 4) is 5.75 Å². The molecule has 1 N–H and O–H groups in total. The van der Waals surface area contributed by atoms with E-state index in [9.17, 15) is 14.4 Å². The highest BCUT2D eigenvalue weighted by Gasteiger charge is 2.19. The maximum absolute atomic E-state index is 13.3. The van der Waals surface area contributed by atoms with Gasteiger partial charge in [0.15, 0.2) is 5.16 Å². The summed E-state index contributed by atoms with van der Waals surface area (Å²) in [5, 5.41) is 4.07. The molecule has 0 aliphatic carbocycles. The number of anilines is 1. The summed E-state index contributed by atoms with van der Waals surface area (Å²) in [6.07, 6.45) is 0. The van der Waals surface area contributed by atoms with Gasteiger partial charge in [-0.2, -0.15) is 0 Å². The first-order valence-electron chi connectivity index (χ1n) is 10.6. The highest BCUT2D eigenvalue weighted by molar-refractivity contribution is 7.99. The van der Waals surface area contributed by atoms with E-state index in [1.54, 1.807) is 35.9 Å². The molecule has 34 heavy (non-hydrogen) atoms. The maximum Gasteiger partial charge on any atom is 0.337 e. The van der Waals surface area contributed by atoms with Crippen molar-refractivity contribution >= 4 is 51.3 Å². The number of carbonyl (C=O) groups excluding carboxylic acids is 2. The molecular formula is C24H24N4O5S. The number of hydrogen-bond acceptors (Lipinski definition) is 7. The normalized spacial score (nSPS) is 11.1. The zero-order valence-electron chi connectivity index (χ0n) is 19.2. The third-order valence-corrected chi connectivity index (χ3v) is 6.48. The summed E-state index contributed by atoms with van der Waals surface area (Å²) in [6, 6.07) is 12.0. The van der Waals surface area contributed by atoms with E-state index in [-0.39, 0.29) is 17.2 Å². The average Bonchev–Trinajstić information content (AvgIpc) is 3.13. The lowest BCUT2D eigenvalue weighted by atomic mass is 10.2. The Kier molecular flexibility index (Phi) is 6.60. The second-order valence-electron chi connectivity index (χ2n) is 7.49. The Morgan fingerprint density at radius 1 is 1.12 bits per heavy atom. The van der Waals surface area contributed by atoms with Gasteiger partial charge in [-0.25, -0.2) is 9.78 Å². The van der Waals surface area contributed by atoms with Crippen LogP contribution in [0.2, 0.25) is 0 Å². The van der Waals surface area contributed by atoms with E-state index in [1.807, 2.05) is 36.7 Å². The van der Waals surface area contributed by atoms with Gasteiger partial charge in [0.05, 0.1) is 31.1 Å². The van der Waals surface area contributed by atoms with E-state index in [0.29, 0.717) is 39.7 Å². The lowest BCUT2D eigenvalue weighted by molar-refractivity contribution is -0.113. The summed E-state index contributed by atoms with van der Waals surface area (Å²) in [7, 11) is 4.74. The van der Waals surface area contributed by atoms with Gasteiger partial charge in [-0.1, -0.05) is 11.8 Å². The summed E-state index contributed by atoms with van der Waals surface area (Å²) >= 11 is 1.19. The van der Waals surface area contributed by atoms with Crippen LogP contribution in [0.15, 0.2) is 52.4 Å². The van der Waals surface area contributed by atoms with Crippen LogP contribution in [0.5, 0.6) is 5.75 Å². The smallest absolute Gasteiger partial charge is 0.337 e. The second-order valence-corrected chi connectivity index (χ2v) is 8.43.